The van der Waals surface area contributed by atoms with Crippen LogP contribution in [-0.2, 0) is 19.1 Å². The maximum absolute atomic E-state index is 13.3. The van der Waals surface area contributed by atoms with Crippen molar-refractivity contribution in [2.24, 2.45) is 11.7 Å². The number of amides is 1. The third kappa shape index (κ3) is 10.2. The molecule has 0 saturated carbocycles. The average Bonchev–Trinajstić information content (AvgIpc) is 3.16. The highest BCUT2D eigenvalue weighted by atomic mass is 16.5. The molecule has 1 aromatic rings. The molecule has 0 radical (unpaired) electrons. The van der Waals surface area contributed by atoms with Gasteiger partial charge in [-0.3, -0.25) is 19.3 Å². The first kappa shape index (κ1) is 29.7. The average molecular weight is 512 g/mol. The normalized spacial score (nSPS) is 23.9. The van der Waals surface area contributed by atoms with Crippen molar-refractivity contribution in [3.63, 3.8) is 0 Å². The number of hydrogen-bond donors (Lipinski definition) is 3. The van der Waals surface area contributed by atoms with E-state index < -0.39 is 11.9 Å². The van der Waals surface area contributed by atoms with Crippen molar-refractivity contribution in [2.45, 2.75) is 77.3 Å². The molecule has 0 bridgehead atoms. The Bertz CT molecular complexity index is 815. The number of hydrogen-bond acceptors (Lipinski definition) is 9. The fourth-order valence-corrected chi connectivity index (χ4v) is 4.90. The minimum absolute atomic E-state index is 0.0559. The lowest BCUT2D eigenvalue weighted by Gasteiger charge is -2.37. The number of carboxylic acid groups (broad SMARTS) is 2. The summed E-state index contributed by atoms with van der Waals surface area (Å²) in [5.74, 6) is 0.379. The maximum Gasteiger partial charge on any atom is 0.300 e. The van der Waals surface area contributed by atoms with E-state index in [1.54, 1.807) is 0 Å². The van der Waals surface area contributed by atoms with Crippen molar-refractivity contribution >= 4 is 17.8 Å². The van der Waals surface area contributed by atoms with Gasteiger partial charge in [0.15, 0.2) is 5.82 Å². The number of nitrogens with two attached hydrogens (primary N) is 1. The summed E-state index contributed by atoms with van der Waals surface area (Å²) in [6, 6.07) is 0.660. The topological polar surface area (TPSA) is 172 Å². The summed E-state index contributed by atoms with van der Waals surface area (Å²) in [4.78, 5) is 40.2. The Morgan fingerprint density at radius 3 is 2.06 bits per heavy atom. The summed E-state index contributed by atoms with van der Waals surface area (Å²) in [5.41, 5.74) is 6.34. The highest BCUT2D eigenvalue weighted by Crippen LogP contribution is 2.29. The standard InChI is InChI=1S/C20H33N5O3.2C2H4O2/c1-14-22-19(23-28-14)15-4-8-24(9-5-15)20(26)16-2-3-17(21)13-25(12-16)18-6-10-27-11-7-18;2*1-2(3)4/h15-18H,2-13,21H2,1H3;2*1H3,(H,3,4)/t16-,17+;;/m1../s1. The molecule has 0 spiro atoms. The predicted octanol–water partition coefficient (Wildman–Crippen LogP) is 1.48. The van der Waals surface area contributed by atoms with Crippen LogP contribution in [0, 0.1) is 12.8 Å². The second-order valence-corrected chi connectivity index (χ2v) is 9.64. The van der Waals surface area contributed by atoms with E-state index in [-0.39, 0.29) is 12.0 Å². The van der Waals surface area contributed by atoms with Crippen LogP contribution in [0.25, 0.3) is 0 Å². The van der Waals surface area contributed by atoms with Gasteiger partial charge in [0, 0.05) is 78.2 Å². The summed E-state index contributed by atoms with van der Waals surface area (Å²) < 4.78 is 10.6. The fraction of sp³-hybridized carbons (Fsp3) is 0.792. The predicted molar refractivity (Wildman–Crippen MR) is 130 cm³/mol. The fourth-order valence-electron chi connectivity index (χ4n) is 4.90. The van der Waals surface area contributed by atoms with Gasteiger partial charge in [-0.2, -0.15) is 4.98 Å². The minimum Gasteiger partial charge on any atom is -0.481 e. The van der Waals surface area contributed by atoms with Crippen molar-refractivity contribution in [3.8, 4) is 0 Å². The van der Waals surface area contributed by atoms with E-state index in [1.807, 2.05) is 11.8 Å². The third-order valence-corrected chi connectivity index (χ3v) is 6.58. The number of piperidine rings is 1. The first-order valence-corrected chi connectivity index (χ1v) is 12.6. The van der Waals surface area contributed by atoms with Crippen LogP contribution < -0.4 is 5.73 Å². The Hall–Kier alpha value is -2.57. The molecule has 36 heavy (non-hydrogen) atoms. The number of aliphatic carboxylic acids is 2. The van der Waals surface area contributed by atoms with Gasteiger partial charge in [-0.15, -0.1) is 0 Å². The van der Waals surface area contributed by atoms with Gasteiger partial charge >= 0.3 is 0 Å². The monoisotopic (exact) mass is 511 g/mol. The number of ether oxygens (including phenoxy) is 1. The minimum atomic E-state index is -0.833. The zero-order chi connectivity index (χ0) is 26.7. The third-order valence-electron chi connectivity index (χ3n) is 6.58. The molecule has 12 nitrogen and oxygen atoms in total. The van der Waals surface area contributed by atoms with Crippen LogP contribution in [0.3, 0.4) is 0 Å². The van der Waals surface area contributed by atoms with Gasteiger partial charge in [0.2, 0.25) is 11.8 Å². The quantitative estimate of drug-likeness (QED) is 0.536. The van der Waals surface area contributed by atoms with E-state index in [4.69, 9.17) is 34.8 Å². The van der Waals surface area contributed by atoms with Crippen LogP contribution in [-0.4, -0.2) is 99.5 Å². The molecular weight excluding hydrogens is 470 g/mol. The molecule has 204 valence electrons. The van der Waals surface area contributed by atoms with Crippen LogP contribution >= 0.6 is 0 Å². The second kappa shape index (κ2) is 14.9. The summed E-state index contributed by atoms with van der Waals surface area (Å²) in [5, 5.41) is 18.9. The Kier molecular flexibility index (Phi) is 12.2. The number of rotatable bonds is 3. The van der Waals surface area contributed by atoms with Crippen molar-refractivity contribution < 1.29 is 33.9 Å². The lowest BCUT2D eigenvalue weighted by atomic mass is 9.93. The smallest absolute Gasteiger partial charge is 0.300 e. The molecule has 3 saturated heterocycles. The SMILES string of the molecule is CC(=O)O.CC(=O)O.Cc1nc(C2CCN(C(=O)[C@@H]3CC[C@H](N)CN(C4CCOCC4)C3)CC2)no1. The van der Waals surface area contributed by atoms with E-state index in [0.29, 0.717) is 23.8 Å². The van der Waals surface area contributed by atoms with Gasteiger partial charge in [0.1, 0.15) is 0 Å². The molecule has 4 rings (SSSR count). The van der Waals surface area contributed by atoms with E-state index in [9.17, 15) is 4.79 Å². The van der Waals surface area contributed by atoms with E-state index in [1.165, 1.54) is 0 Å². The van der Waals surface area contributed by atoms with Gasteiger partial charge in [0.05, 0.1) is 5.92 Å². The largest absolute Gasteiger partial charge is 0.481 e. The van der Waals surface area contributed by atoms with Crippen molar-refractivity contribution in [1.82, 2.24) is 19.9 Å². The summed E-state index contributed by atoms with van der Waals surface area (Å²) >= 11 is 0. The van der Waals surface area contributed by atoms with Gasteiger partial charge in [-0.25, -0.2) is 0 Å². The molecule has 12 heteroatoms. The Balaban J connectivity index is 0.000000501. The molecule has 4 heterocycles. The molecule has 2 atom stereocenters. The van der Waals surface area contributed by atoms with Crippen molar-refractivity contribution in [2.75, 3.05) is 39.4 Å². The number of aromatic nitrogens is 2. The Labute approximate surface area is 212 Å². The first-order valence-electron chi connectivity index (χ1n) is 12.6. The molecule has 3 fully saturated rings. The summed E-state index contributed by atoms with van der Waals surface area (Å²) in [6.45, 7) is 8.90. The lowest BCUT2D eigenvalue weighted by Crippen LogP contribution is -2.48. The van der Waals surface area contributed by atoms with Crippen molar-refractivity contribution in [1.29, 1.82) is 0 Å². The van der Waals surface area contributed by atoms with E-state index in [0.717, 1.165) is 97.6 Å². The number of carbonyl (C=O) groups excluding carboxylic acids is 1. The van der Waals surface area contributed by atoms with Gasteiger partial charge in [0.25, 0.3) is 11.9 Å². The molecule has 1 aromatic heterocycles. The molecular formula is C24H41N5O7. The zero-order valence-electron chi connectivity index (χ0n) is 21.6. The maximum atomic E-state index is 13.3. The number of carboxylic acids is 2. The number of aryl methyl sites for hydroxylation is 1. The number of likely N-dealkylation sites (tertiary alicyclic amines) is 2. The van der Waals surface area contributed by atoms with E-state index >= 15 is 0 Å². The highest BCUT2D eigenvalue weighted by Gasteiger charge is 2.35. The molecule has 0 aromatic carbocycles. The summed E-state index contributed by atoms with van der Waals surface area (Å²) in [7, 11) is 0. The molecule has 3 aliphatic heterocycles. The Morgan fingerprint density at radius 2 is 1.53 bits per heavy atom. The molecule has 0 aliphatic carbocycles. The van der Waals surface area contributed by atoms with Crippen LogP contribution in [0.1, 0.15) is 70.0 Å². The van der Waals surface area contributed by atoms with Crippen LogP contribution in [0.15, 0.2) is 4.52 Å². The molecule has 4 N–H and O–H groups in total. The Morgan fingerprint density at radius 1 is 0.944 bits per heavy atom. The second-order valence-electron chi connectivity index (χ2n) is 9.64. The van der Waals surface area contributed by atoms with E-state index in [2.05, 4.69) is 15.0 Å². The van der Waals surface area contributed by atoms with Crippen LogP contribution in [0.5, 0.6) is 0 Å². The highest BCUT2D eigenvalue weighted by molar-refractivity contribution is 5.79. The zero-order valence-corrected chi connectivity index (χ0v) is 21.6. The number of carbonyl (C=O) groups is 3. The molecule has 0 unspecified atom stereocenters. The summed E-state index contributed by atoms with van der Waals surface area (Å²) in [6.07, 6.45) is 5.71. The van der Waals surface area contributed by atoms with Gasteiger partial charge in [-0.05, 0) is 38.5 Å². The van der Waals surface area contributed by atoms with Crippen LogP contribution in [0.4, 0.5) is 0 Å². The van der Waals surface area contributed by atoms with Crippen molar-refractivity contribution in [3.05, 3.63) is 11.7 Å². The molecule has 3 aliphatic rings. The first-order chi connectivity index (χ1) is 17.1. The lowest BCUT2D eigenvalue weighted by molar-refractivity contribution is -0.138. The number of nitrogens with zero attached hydrogens (tertiary/aromatic N) is 4. The van der Waals surface area contributed by atoms with Crippen LogP contribution in [0.2, 0.25) is 0 Å². The van der Waals surface area contributed by atoms with Gasteiger partial charge < -0.3 is 30.1 Å². The molecule has 1 amide bonds. The van der Waals surface area contributed by atoms with Gasteiger partial charge in [-0.1, -0.05) is 5.16 Å².